The van der Waals surface area contributed by atoms with E-state index in [1.807, 2.05) is 29.7 Å². The van der Waals surface area contributed by atoms with Crippen molar-refractivity contribution in [2.24, 2.45) is 5.73 Å². The zero-order valence-corrected chi connectivity index (χ0v) is 10.2. The van der Waals surface area contributed by atoms with Gasteiger partial charge >= 0.3 is 0 Å². The van der Waals surface area contributed by atoms with E-state index in [0.29, 0.717) is 13.2 Å². The molecule has 1 aliphatic heterocycles. The van der Waals surface area contributed by atoms with Crippen LogP contribution < -0.4 is 15.2 Å². The minimum atomic E-state index is -0.0688. The van der Waals surface area contributed by atoms with E-state index in [1.165, 1.54) is 0 Å². The highest BCUT2D eigenvalue weighted by Crippen LogP contribution is 2.32. The average molecular weight is 245 g/mol. The zero-order chi connectivity index (χ0) is 12.5. The fourth-order valence-electron chi connectivity index (χ4n) is 2.04. The molecule has 1 unspecified atom stereocenters. The first-order chi connectivity index (χ1) is 8.75. The van der Waals surface area contributed by atoms with Crippen molar-refractivity contribution >= 4 is 0 Å². The van der Waals surface area contributed by atoms with E-state index in [4.69, 9.17) is 15.2 Å². The van der Waals surface area contributed by atoms with E-state index in [0.717, 1.165) is 22.9 Å². The standard InChI is InChI=1S/C13H15N3O2/c1-9(14)11-7-15-8-16(11)10-2-3-12-13(6-10)18-5-4-17-12/h2-3,6-9H,4-5,14H2,1H3. The average Bonchev–Trinajstić information content (AvgIpc) is 2.87. The summed E-state index contributed by atoms with van der Waals surface area (Å²) >= 11 is 0. The van der Waals surface area contributed by atoms with Gasteiger partial charge in [-0.2, -0.15) is 0 Å². The number of hydrogen-bond donors (Lipinski definition) is 1. The molecule has 1 aromatic carbocycles. The van der Waals surface area contributed by atoms with Crippen LogP contribution in [0.3, 0.4) is 0 Å². The molecule has 2 aromatic rings. The van der Waals surface area contributed by atoms with Crippen molar-refractivity contribution in [1.82, 2.24) is 9.55 Å². The van der Waals surface area contributed by atoms with Crippen LogP contribution in [0, 0.1) is 0 Å². The molecule has 0 fully saturated rings. The quantitative estimate of drug-likeness (QED) is 0.874. The van der Waals surface area contributed by atoms with Crippen LogP contribution >= 0.6 is 0 Å². The smallest absolute Gasteiger partial charge is 0.163 e. The molecule has 1 aliphatic rings. The highest BCUT2D eigenvalue weighted by Gasteiger charge is 2.14. The Morgan fingerprint density at radius 2 is 2.06 bits per heavy atom. The summed E-state index contributed by atoms with van der Waals surface area (Å²) in [4.78, 5) is 4.14. The third-order valence-electron chi connectivity index (χ3n) is 2.94. The van der Waals surface area contributed by atoms with Gasteiger partial charge in [-0.25, -0.2) is 4.98 Å². The van der Waals surface area contributed by atoms with E-state index in [9.17, 15) is 0 Å². The molecule has 2 N–H and O–H groups in total. The third kappa shape index (κ3) is 1.82. The monoisotopic (exact) mass is 245 g/mol. The Morgan fingerprint density at radius 1 is 1.28 bits per heavy atom. The molecule has 0 spiro atoms. The van der Waals surface area contributed by atoms with Crippen LogP contribution in [0.2, 0.25) is 0 Å². The molecule has 1 aromatic heterocycles. The number of aromatic nitrogens is 2. The Labute approximate surface area is 105 Å². The van der Waals surface area contributed by atoms with Crippen LogP contribution in [0.25, 0.3) is 5.69 Å². The number of nitrogens with zero attached hydrogens (tertiary/aromatic N) is 2. The second-order valence-electron chi connectivity index (χ2n) is 4.31. The van der Waals surface area contributed by atoms with Gasteiger partial charge in [-0.15, -0.1) is 0 Å². The number of hydrogen-bond acceptors (Lipinski definition) is 4. The number of fused-ring (bicyclic) bond motifs is 1. The molecule has 2 heterocycles. The Bertz CT molecular complexity index is 563. The van der Waals surface area contributed by atoms with Crippen molar-refractivity contribution in [3.8, 4) is 17.2 Å². The van der Waals surface area contributed by atoms with Crippen LogP contribution in [0.5, 0.6) is 11.5 Å². The van der Waals surface area contributed by atoms with Crippen molar-refractivity contribution < 1.29 is 9.47 Å². The number of nitrogens with two attached hydrogens (primary N) is 1. The molecule has 94 valence electrons. The van der Waals surface area contributed by atoms with Crippen LogP contribution in [-0.2, 0) is 0 Å². The van der Waals surface area contributed by atoms with Gasteiger partial charge in [-0.3, -0.25) is 0 Å². The predicted molar refractivity (Wildman–Crippen MR) is 67.2 cm³/mol. The zero-order valence-electron chi connectivity index (χ0n) is 10.2. The molecule has 18 heavy (non-hydrogen) atoms. The molecule has 0 radical (unpaired) electrons. The van der Waals surface area contributed by atoms with Crippen molar-refractivity contribution in [1.29, 1.82) is 0 Å². The molecule has 5 heteroatoms. The van der Waals surface area contributed by atoms with Gasteiger partial charge in [0, 0.05) is 12.1 Å². The van der Waals surface area contributed by atoms with Crippen LogP contribution in [0.1, 0.15) is 18.7 Å². The van der Waals surface area contributed by atoms with Gasteiger partial charge in [0.25, 0.3) is 0 Å². The normalized spacial score (nSPS) is 15.4. The Morgan fingerprint density at radius 3 is 2.83 bits per heavy atom. The van der Waals surface area contributed by atoms with Crippen molar-refractivity contribution in [2.45, 2.75) is 13.0 Å². The van der Waals surface area contributed by atoms with Gasteiger partial charge in [0.1, 0.15) is 13.2 Å². The van der Waals surface area contributed by atoms with Crippen LogP contribution in [0.15, 0.2) is 30.7 Å². The minimum absolute atomic E-state index is 0.0688. The van der Waals surface area contributed by atoms with Crippen molar-refractivity contribution in [3.63, 3.8) is 0 Å². The molecule has 5 nitrogen and oxygen atoms in total. The lowest BCUT2D eigenvalue weighted by Crippen LogP contribution is -2.16. The molecule has 0 bridgehead atoms. The van der Waals surface area contributed by atoms with E-state index in [2.05, 4.69) is 4.98 Å². The van der Waals surface area contributed by atoms with E-state index in [-0.39, 0.29) is 6.04 Å². The second-order valence-corrected chi connectivity index (χ2v) is 4.31. The summed E-state index contributed by atoms with van der Waals surface area (Å²) in [5.74, 6) is 1.55. The van der Waals surface area contributed by atoms with Gasteiger partial charge < -0.3 is 19.8 Å². The maximum atomic E-state index is 5.92. The SMILES string of the molecule is CC(N)c1cncn1-c1ccc2c(c1)OCCO2. The Balaban J connectivity index is 2.04. The van der Waals surface area contributed by atoms with Gasteiger partial charge in [0.15, 0.2) is 11.5 Å². The molecule has 1 atom stereocenters. The van der Waals surface area contributed by atoms with Crippen molar-refractivity contribution in [3.05, 3.63) is 36.4 Å². The van der Waals surface area contributed by atoms with Crippen LogP contribution in [-0.4, -0.2) is 22.8 Å². The summed E-state index contributed by atoms with van der Waals surface area (Å²) in [7, 11) is 0. The predicted octanol–water partition coefficient (Wildman–Crippen LogP) is 1.66. The summed E-state index contributed by atoms with van der Waals surface area (Å²) in [5.41, 5.74) is 7.86. The highest BCUT2D eigenvalue weighted by atomic mass is 16.6. The number of rotatable bonds is 2. The van der Waals surface area contributed by atoms with Gasteiger partial charge in [0.05, 0.1) is 23.9 Å². The van der Waals surface area contributed by atoms with E-state index < -0.39 is 0 Å². The minimum Gasteiger partial charge on any atom is -0.486 e. The molecule has 3 rings (SSSR count). The Hall–Kier alpha value is -2.01. The number of ether oxygens (including phenoxy) is 2. The number of benzene rings is 1. The summed E-state index contributed by atoms with van der Waals surface area (Å²) < 4.78 is 13.0. The lowest BCUT2D eigenvalue weighted by Gasteiger charge is -2.19. The summed E-state index contributed by atoms with van der Waals surface area (Å²) in [6.07, 6.45) is 3.53. The lowest BCUT2D eigenvalue weighted by atomic mass is 10.2. The molecule has 0 amide bonds. The fraction of sp³-hybridized carbons (Fsp3) is 0.308. The topological polar surface area (TPSA) is 62.3 Å². The maximum Gasteiger partial charge on any atom is 0.163 e. The lowest BCUT2D eigenvalue weighted by molar-refractivity contribution is 0.171. The summed E-state index contributed by atoms with van der Waals surface area (Å²) in [6.45, 7) is 3.12. The van der Waals surface area contributed by atoms with E-state index >= 15 is 0 Å². The second kappa shape index (κ2) is 4.34. The summed E-state index contributed by atoms with van der Waals surface area (Å²) in [5, 5.41) is 0. The van der Waals surface area contributed by atoms with Crippen LogP contribution in [0.4, 0.5) is 0 Å². The van der Waals surface area contributed by atoms with E-state index in [1.54, 1.807) is 12.5 Å². The maximum absolute atomic E-state index is 5.92. The summed E-state index contributed by atoms with van der Waals surface area (Å²) in [6, 6.07) is 5.76. The number of imidazole rings is 1. The van der Waals surface area contributed by atoms with Gasteiger partial charge in [0.2, 0.25) is 0 Å². The third-order valence-corrected chi connectivity index (χ3v) is 2.94. The molecular formula is C13H15N3O2. The van der Waals surface area contributed by atoms with Crippen molar-refractivity contribution in [2.75, 3.05) is 13.2 Å². The van der Waals surface area contributed by atoms with Gasteiger partial charge in [-0.1, -0.05) is 0 Å². The molecular weight excluding hydrogens is 230 g/mol. The fourth-order valence-corrected chi connectivity index (χ4v) is 2.04. The first-order valence-corrected chi connectivity index (χ1v) is 5.93. The highest BCUT2D eigenvalue weighted by molar-refractivity contribution is 5.50. The largest absolute Gasteiger partial charge is 0.486 e. The molecule has 0 aliphatic carbocycles. The first kappa shape index (κ1) is 11.1. The van der Waals surface area contributed by atoms with Gasteiger partial charge in [-0.05, 0) is 19.1 Å². The Kier molecular flexibility index (Phi) is 2.68. The molecule has 0 saturated carbocycles. The first-order valence-electron chi connectivity index (χ1n) is 5.93. The molecule has 0 saturated heterocycles.